The van der Waals surface area contributed by atoms with Gasteiger partial charge < -0.3 is 5.32 Å². The van der Waals surface area contributed by atoms with Gasteiger partial charge in [0.1, 0.15) is 5.82 Å². The Morgan fingerprint density at radius 3 is 2.38 bits per heavy atom. The van der Waals surface area contributed by atoms with Gasteiger partial charge in [-0.05, 0) is 31.2 Å². The third kappa shape index (κ3) is 3.49. The maximum atomic E-state index is 13.1. The van der Waals surface area contributed by atoms with Crippen LogP contribution in [-0.4, -0.2) is 28.6 Å². The minimum Gasteiger partial charge on any atom is -0.326 e. The normalized spacial score (nSPS) is 10.4. The zero-order valence-electron chi connectivity index (χ0n) is 14.9. The second-order valence-corrected chi connectivity index (χ2v) is 5.98. The Labute approximate surface area is 152 Å². The van der Waals surface area contributed by atoms with E-state index in [1.54, 1.807) is 36.0 Å². The van der Waals surface area contributed by atoms with Crippen LogP contribution in [0.25, 0.3) is 5.69 Å². The molecule has 6 heteroatoms. The second kappa shape index (κ2) is 7.23. The molecule has 2 aromatic carbocycles. The van der Waals surface area contributed by atoms with Gasteiger partial charge in [0.2, 0.25) is 5.91 Å². The SMILES string of the molecule is CC(=O)Nc1ccccc1C(=O)N(C)c1cc(C)nn1-c1ccccc1. The van der Waals surface area contributed by atoms with E-state index in [9.17, 15) is 9.59 Å². The number of rotatable bonds is 4. The average molecular weight is 348 g/mol. The van der Waals surface area contributed by atoms with Gasteiger partial charge in [0, 0.05) is 20.0 Å². The maximum absolute atomic E-state index is 13.1. The van der Waals surface area contributed by atoms with Crippen molar-refractivity contribution >= 4 is 23.3 Å². The largest absolute Gasteiger partial charge is 0.326 e. The molecule has 0 radical (unpaired) electrons. The molecule has 1 aromatic heterocycles. The van der Waals surface area contributed by atoms with Gasteiger partial charge in [0.05, 0.1) is 22.6 Å². The summed E-state index contributed by atoms with van der Waals surface area (Å²) in [5.41, 5.74) is 2.58. The van der Waals surface area contributed by atoms with Gasteiger partial charge in [-0.1, -0.05) is 30.3 Å². The minimum absolute atomic E-state index is 0.224. The lowest BCUT2D eigenvalue weighted by molar-refractivity contribution is -0.114. The van der Waals surface area contributed by atoms with Crippen LogP contribution >= 0.6 is 0 Å². The van der Waals surface area contributed by atoms with E-state index in [1.807, 2.05) is 43.3 Å². The molecule has 1 heterocycles. The lowest BCUT2D eigenvalue weighted by Gasteiger charge is -2.20. The standard InChI is InChI=1S/C20H20N4O2/c1-14-13-19(24(22-14)16-9-5-4-6-10-16)23(3)20(26)17-11-7-8-12-18(17)21-15(2)25/h4-13H,1-3H3,(H,21,25). The van der Waals surface area contributed by atoms with E-state index >= 15 is 0 Å². The number of aryl methyl sites for hydroxylation is 1. The quantitative estimate of drug-likeness (QED) is 0.786. The van der Waals surface area contributed by atoms with Crippen LogP contribution in [0.3, 0.4) is 0 Å². The molecule has 6 nitrogen and oxygen atoms in total. The molecule has 3 rings (SSSR count). The van der Waals surface area contributed by atoms with Crippen molar-refractivity contribution in [3.8, 4) is 5.69 Å². The van der Waals surface area contributed by atoms with E-state index < -0.39 is 0 Å². The van der Waals surface area contributed by atoms with Crippen molar-refractivity contribution < 1.29 is 9.59 Å². The topological polar surface area (TPSA) is 67.2 Å². The molecule has 0 aliphatic rings. The van der Waals surface area contributed by atoms with E-state index in [0.29, 0.717) is 17.1 Å². The van der Waals surface area contributed by atoms with Crippen molar-refractivity contribution in [2.75, 3.05) is 17.3 Å². The lowest BCUT2D eigenvalue weighted by Crippen LogP contribution is -2.29. The summed E-state index contributed by atoms with van der Waals surface area (Å²) in [5.74, 6) is 0.195. The molecule has 0 saturated heterocycles. The van der Waals surface area contributed by atoms with Crippen LogP contribution < -0.4 is 10.2 Å². The number of amides is 2. The molecule has 26 heavy (non-hydrogen) atoms. The van der Waals surface area contributed by atoms with Gasteiger partial charge in [-0.25, -0.2) is 4.68 Å². The van der Waals surface area contributed by atoms with E-state index in [0.717, 1.165) is 11.4 Å². The minimum atomic E-state index is -0.230. The van der Waals surface area contributed by atoms with Gasteiger partial charge in [-0.15, -0.1) is 0 Å². The van der Waals surface area contributed by atoms with E-state index in [4.69, 9.17) is 0 Å². The zero-order valence-corrected chi connectivity index (χ0v) is 14.9. The fourth-order valence-electron chi connectivity index (χ4n) is 2.74. The van der Waals surface area contributed by atoms with Crippen LogP contribution in [0.4, 0.5) is 11.5 Å². The maximum Gasteiger partial charge on any atom is 0.261 e. The summed E-state index contributed by atoms with van der Waals surface area (Å²) in [7, 11) is 1.70. The van der Waals surface area contributed by atoms with Gasteiger partial charge in [0.25, 0.3) is 5.91 Å². The van der Waals surface area contributed by atoms with Crippen molar-refractivity contribution in [1.82, 2.24) is 9.78 Å². The van der Waals surface area contributed by atoms with Crippen molar-refractivity contribution in [2.45, 2.75) is 13.8 Å². The Kier molecular flexibility index (Phi) is 4.84. The Hall–Kier alpha value is -3.41. The van der Waals surface area contributed by atoms with Crippen LogP contribution in [0.5, 0.6) is 0 Å². The molecule has 0 atom stereocenters. The van der Waals surface area contributed by atoms with Crippen LogP contribution in [0.15, 0.2) is 60.7 Å². The molecule has 0 aliphatic heterocycles. The van der Waals surface area contributed by atoms with Crippen LogP contribution in [-0.2, 0) is 4.79 Å². The summed E-state index contributed by atoms with van der Waals surface area (Å²) in [6.07, 6.45) is 0. The van der Waals surface area contributed by atoms with Crippen molar-refractivity contribution in [3.63, 3.8) is 0 Å². The predicted octanol–water partition coefficient (Wildman–Crippen LogP) is 3.42. The summed E-state index contributed by atoms with van der Waals surface area (Å²) in [4.78, 5) is 26.0. The summed E-state index contributed by atoms with van der Waals surface area (Å²) in [6, 6.07) is 18.4. The number of carbonyl (C=O) groups excluding carboxylic acids is 2. The molecule has 132 valence electrons. The van der Waals surface area contributed by atoms with Crippen LogP contribution in [0.2, 0.25) is 0 Å². The number of hydrogen-bond acceptors (Lipinski definition) is 3. The highest BCUT2D eigenvalue weighted by atomic mass is 16.2. The first-order chi connectivity index (χ1) is 12.5. The summed E-state index contributed by atoms with van der Waals surface area (Å²) >= 11 is 0. The smallest absolute Gasteiger partial charge is 0.261 e. The third-order valence-corrected chi connectivity index (χ3v) is 3.93. The summed E-state index contributed by atoms with van der Waals surface area (Å²) in [6.45, 7) is 3.30. The molecule has 0 saturated carbocycles. The lowest BCUT2D eigenvalue weighted by atomic mass is 10.1. The first-order valence-electron chi connectivity index (χ1n) is 8.24. The van der Waals surface area contributed by atoms with Gasteiger partial charge in [-0.3, -0.25) is 14.5 Å². The molecule has 3 aromatic rings. The fraction of sp³-hybridized carbons (Fsp3) is 0.150. The first kappa shape index (κ1) is 17.4. The average Bonchev–Trinajstić information content (AvgIpc) is 3.03. The molecule has 0 aliphatic carbocycles. The molecule has 1 N–H and O–H groups in total. The molecule has 2 amide bonds. The monoisotopic (exact) mass is 348 g/mol. The van der Waals surface area contributed by atoms with E-state index in [2.05, 4.69) is 10.4 Å². The van der Waals surface area contributed by atoms with Crippen LogP contribution in [0.1, 0.15) is 23.0 Å². The van der Waals surface area contributed by atoms with Gasteiger partial charge >= 0.3 is 0 Å². The number of anilines is 2. The number of aromatic nitrogens is 2. The Morgan fingerprint density at radius 1 is 1.04 bits per heavy atom. The number of benzene rings is 2. The summed E-state index contributed by atoms with van der Waals surface area (Å²) < 4.78 is 1.73. The Balaban J connectivity index is 2.00. The highest BCUT2D eigenvalue weighted by molar-refractivity contribution is 6.10. The number of carbonyl (C=O) groups is 2. The number of nitrogens with one attached hydrogen (secondary N) is 1. The highest BCUT2D eigenvalue weighted by Crippen LogP contribution is 2.24. The summed E-state index contributed by atoms with van der Waals surface area (Å²) in [5, 5.41) is 7.21. The molecule has 0 fully saturated rings. The highest BCUT2D eigenvalue weighted by Gasteiger charge is 2.21. The fourth-order valence-corrected chi connectivity index (χ4v) is 2.74. The molecular formula is C20H20N4O2. The molecular weight excluding hydrogens is 328 g/mol. The van der Waals surface area contributed by atoms with Crippen LogP contribution in [0, 0.1) is 6.92 Å². The van der Waals surface area contributed by atoms with Gasteiger partial charge in [0.15, 0.2) is 0 Å². The predicted molar refractivity (Wildman–Crippen MR) is 102 cm³/mol. The number of hydrogen-bond donors (Lipinski definition) is 1. The Bertz CT molecular complexity index is 947. The number of nitrogens with zero attached hydrogens (tertiary/aromatic N) is 3. The Morgan fingerprint density at radius 2 is 1.69 bits per heavy atom. The van der Waals surface area contributed by atoms with Crippen molar-refractivity contribution in [3.05, 3.63) is 71.9 Å². The zero-order chi connectivity index (χ0) is 18.7. The number of para-hydroxylation sites is 2. The van der Waals surface area contributed by atoms with Gasteiger partial charge in [-0.2, -0.15) is 5.10 Å². The third-order valence-electron chi connectivity index (χ3n) is 3.93. The molecule has 0 unspecified atom stereocenters. The molecule has 0 bridgehead atoms. The van der Waals surface area contributed by atoms with E-state index in [-0.39, 0.29) is 11.8 Å². The van der Waals surface area contributed by atoms with Crippen molar-refractivity contribution in [1.29, 1.82) is 0 Å². The van der Waals surface area contributed by atoms with E-state index in [1.165, 1.54) is 11.8 Å². The first-order valence-corrected chi connectivity index (χ1v) is 8.24. The second-order valence-electron chi connectivity index (χ2n) is 5.98. The molecule has 0 spiro atoms. The van der Waals surface area contributed by atoms with Crippen molar-refractivity contribution in [2.24, 2.45) is 0 Å².